The van der Waals surface area contributed by atoms with Gasteiger partial charge in [0.05, 0.1) is 0 Å². The number of nitrogens with one attached hydrogen (secondary N) is 4. The quantitative estimate of drug-likeness (QED) is 0.137. The van der Waals surface area contributed by atoms with E-state index in [1.165, 1.54) is 7.05 Å². The minimum absolute atomic E-state index is 0. The zero-order valence-electron chi connectivity index (χ0n) is 14.6. The third-order valence-corrected chi connectivity index (χ3v) is 2.05. The summed E-state index contributed by atoms with van der Waals surface area (Å²) in [6.07, 6.45) is 4.19. The fourth-order valence-corrected chi connectivity index (χ4v) is 1.03. The summed E-state index contributed by atoms with van der Waals surface area (Å²) in [4.78, 5) is 21.2. The molecule has 0 aromatic heterocycles. The van der Waals surface area contributed by atoms with Crippen molar-refractivity contribution in [2.24, 2.45) is 10.2 Å². The van der Waals surface area contributed by atoms with E-state index in [9.17, 15) is 9.59 Å². The summed E-state index contributed by atoms with van der Waals surface area (Å²) in [5.74, 6) is 0. The van der Waals surface area contributed by atoms with Gasteiger partial charge in [-0.25, -0.2) is 15.0 Å². The Bertz CT molecular complexity index is 302. The standard InChI is InChI=1S/C6H15N3O.C6H13N3O.3HI.V/c2*1-3-4-5-8-6(10)9-7-2;;;;/h7H,3-5H2,1-2H3,(H2,8,9,10);3-5H2,1-2H3,(H,8,10);3*1H;/q;;;;;+2/p-2. The second-order valence-electron chi connectivity index (χ2n) is 3.93. The number of carbonyl (C=O) groups is 2. The van der Waals surface area contributed by atoms with Gasteiger partial charge in [-0.3, -0.25) is 5.43 Å². The summed E-state index contributed by atoms with van der Waals surface area (Å²) < 4.78 is 0. The Morgan fingerprint density at radius 3 is 1.88 bits per heavy atom. The first-order valence-electron chi connectivity index (χ1n) is 7.24. The van der Waals surface area contributed by atoms with Crippen LogP contribution < -0.4 is 21.5 Å². The van der Waals surface area contributed by atoms with Crippen LogP contribution in [0.15, 0.2) is 10.2 Å². The summed E-state index contributed by atoms with van der Waals surface area (Å²) in [5.41, 5.74) is 4.94. The number of nitrogens with zero attached hydrogens (tertiary/aromatic N) is 2. The minimum atomic E-state index is -0.351. The molecule has 8 nitrogen and oxygen atoms in total. The molecule has 0 fully saturated rings. The van der Waals surface area contributed by atoms with Crippen molar-refractivity contribution in [1.29, 1.82) is 0 Å². The number of hydrogen-bond donors (Lipinski definition) is 4. The van der Waals surface area contributed by atoms with Gasteiger partial charge in [0.2, 0.25) is 0 Å². The molecule has 145 valence electrons. The van der Waals surface area contributed by atoms with E-state index >= 15 is 0 Å². The van der Waals surface area contributed by atoms with Gasteiger partial charge in [0.25, 0.3) is 0 Å². The van der Waals surface area contributed by atoms with Crippen LogP contribution in [0, 0.1) is 0 Å². The third kappa shape index (κ3) is 38.6. The maximum atomic E-state index is 10.6. The summed E-state index contributed by atoms with van der Waals surface area (Å²) in [7, 11) is 3.75. The molecule has 0 saturated heterocycles. The van der Waals surface area contributed by atoms with E-state index in [1.54, 1.807) is 7.05 Å². The first kappa shape index (κ1) is 32.7. The molecule has 0 saturated carbocycles. The first-order chi connectivity index (χ1) is 11.0. The van der Waals surface area contributed by atoms with Gasteiger partial charge >= 0.3 is 61.5 Å². The molecular formula is C12H29I3N6O2V. The number of hydrogen-bond acceptors (Lipinski definition) is 4. The van der Waals surface area contributed by atoms with Gasteiger partial charge in [0.15, 0.2) is 0 Å². The van der Waals surface area contributed by atoms with E-state index in [-0.39, 0.29) is 36.0 Å². The van der Waals surface area contributed by atoms with Crippen molar-refractivity contribution in [2.45, 2.75) is 39.5 Å². The molecule has 0 heterocycles. The van der Waals surface area contributed by atoms with Gasteiger partial charge in [0.1, 0.15) is 0 Å². The van der Waals surface area contributed by atoms with Crippen LogP contribution in [0.25, 0.3) is 0 Å². The average Bonchev–Trinajstić information content (AvgIpc) is 2.50. The Kier molecular flexibility index (Phi) is 43.4. The molecule has 0 aromatic carbocycles. The number of amides is 4. The molecule has 0 bridgehead atoms. The number of carbonyl (C=O) groups excluding carboxylic acids is 2. The number of rotatable bonds is 7. The van der Waals surface area contributed by atoms with E-state index < -0.39 is 0 Å². The summed E-state index contributed by atoms with van der Waals surface area (Å²) in [5, 5.41) is 11.9. The molecule has 0 atom stereocenters. The molecule has 12 heteroatoms. The average molecular weight is 721 g/mol. The molecule has 0 spiro atoms. The van der Waals surface area contributed by atoms with Crippen molar-refractivity contribution < 1.29 is 19.1 Å². The topological polar surface area (TPSA) is 107 Å². The molecule has 0 aliphatic carbocycles. The van der Waals surface area contributed by atoms with Gasteiger partial charge < -0.3 is 10.6 Å². The van der Waals surface area contributed by atoms with Crippen LogP contribution in [0.2, 0.25) is 0 Å². The van der Waals surface area contributed by atoms with Gasteiger partial charge in [-0.2, -0.15) is 5.11 Å². The second-order valence-corrected chi connectivity index (χ2v) is 15.7. The maximum absolute atomic E-state index is 10.6. The number of unbranched alkanes of at least 4 members (excludes halogenated alkanes) is 2. The van der Waals surface area contributed by atoms with Crippen molar-refractivity contribution in [3.05, 3.63) is 0 Å². The fraction of sp³-hybridized carbons (Fsp3) is 0.833. The summed E-state index contributed by atoms with van der Waals surface area (Å²) in [6, 6.07) is -0.521. The zero-order valence-corrected chi connectivity index (χ0v) is 22.6. The molecule has 0 radical (unpaired) electrons. The van der Waals surface area contributed by atoms with Crippen LogP contribution in [-0.4, -0.2) is 39.2 Å². The Morgan fingerprint density at radius 2 is 1.50 bits per heavy atom. The molecule has 24 heavy (non-hydrogen) atoms. The van der Waals surface area contributed by atoms with Crippen LogP contribution in [0.4, 0.5) is 9.59 Å². The molecule has 4 N–H and O–H groups in total. The van der Waals surface area contributed by atoms with Crippen LogP contribution in [0.3, 0.4) is 0 Å². The van der Waals surface area contributed by atoms with Crippen LogP contribution >= 0.6 is 63.9 Å². The van der Waals surface area contributed by atoms with Crippen LogP contribution in [0.5, 0.6) is 0 Å². The van der Waals surface area contributed by atoms with Gasteiger partial charge in [0, 0.05) is 27.2 Å². The van der Waals surface area contributed by atoms with Crippen molar-refractivity contribution in [3.63, 3.8) is 0 Å². The Labute approximate surface area is 191 Å². The molecule has 4 amide bonds. The van der Waals surface area contributed by atoms with Crippen LogP contribution in [0.1, 0.15) is 39.5 Å². The number of azo groups is 1. The zero-order chi connectivity index (χ0) is 18.3. The molecular weight excluding hydrogens is 692 g/mol. The second kappa shape index (κ2) is 31.8. The Balaban J connectivity index is -0.000000138. The number of urea groups is 2. The van der Waals surface area contributed by atoms with Gasteiger partial charge in [-0.15, -0.1) is 24.0 Å². The number of hydrazine groups is 1. The predicted octanol–water partition coefficient (Wildman–Crippen LogP) is 4.19. The van der Waals surface area contributed by atoms with E-state index in [0.717, 1.165) is 32.2 Å². The predicted molar refractivity (Wildman–Crippen MR) is 123 cm³/mol. The number of halogens is 3. The molecule has 0 aliphatic rings. The summed E-state index contributed by atoms with van der Waals surface area (Å²) >= 11 is 4.74. The first-order valence-corrected chi connectivity index (χ1v) is 16.3. The van der Waals surface area contributed by atoms with Gasteiger partial charge in [-0.1, -0.05) is 31.8 Å². The monoisotopic (exact) mass is 721 g/mol. The van der Waals surface area contributed by atoms with E-state index in [0.29, 0.717) is 16.0 Å². The van der Waals surface area contributed by atoms with Crippen molar-refractivity contribution in [1.82, 2.24) is 21.5 Å². The van der Waals surface area contributed by atoms with Gasteiger partial charge in [-0.05, 0) is 12.8 Å². The third-order valence-electron chi connectivity index (χ3n) is 2.05. The van der Waals surface area contributed by atoms with Crippen molar-refractivity contribution in [3.8, 4) is 0 Å². The molecule has 0 aliphatic heterocycles. The van der Waals surface area contributed by atoms with E-state index in [1.807, 2.05) is 0 Å². The van der Waals surface area contributed by atoms with Crippen molar-refractivity contribution in [2.75, 3.05) is 27.2 Å². The molecule has 0 rings (SSSR count). The molecule has 0 unspecified atom stereocenters. The van der Waals surface area contributed by atoms with Crippen molar-refractivity contribution >= 4 is 76.0 Å². The fourth-order valence-electron chi connectivity index (χ4n) is 1.03. The molecule has 0 aromatic rings. The van der Waals surface area contributed by atoms with E-state index in [2.05, 4.69) is 85.5 Å². The van der Waals surface area contributed by atoms with E-state index in [4.69, 9.17) is 0 Å². The SMILES string of the molecule is CCCCNC(=O)N=NC.CCCCNC(=O)NNC.I.[I][V][I]. The summed E-state index contributed by atoms with van der Waals surface area (Å²) in [6.45, 7) is 5.57. The normalized spacial score (nSPS) is 8.58. The Morgan fingerprint density at radius 1 is 1.04 bits per heavy atom. The van der Waals surface area contributed by atoms with Crippen LogP contribution in [-0.2, 0) is 9.47 Å². The Hall–Kier alpha value is 1.07.